The molecule has 2 aromatic rings. The molecule has 1 aliphatic rings. The summed E-state index contributed by atoms with van der Waals surface area (Å²) in [6.07, 6.45) is 5.72. The lowest BCUT2D eigenvalue weighted by Gasteiger charge is -2.22. The molecule has 3 rings (SSSR count). The number of hydrogen-bond donors (Lipinski definition) is 0. The van der Waals surface area contributed by atoms with Crippen molar-refractivity contribution in [3.05, 3.63) is 35.7 Å². The van der Waals surface area contributed by atoms with Crippen LogP contribution in [-0.4, -0.2) is 30.5 Å². The zero-order valence-electron chi connectivity index (χ0n) is 13.4. The fraction of sp³-hybridized carbons (Fsp3) is 0.438. The van der Waals surface area contributed by atoms with Crippen molar-refractivity contribution >= 4 is 21.4 Å². The van der Waals surface area contributed by atoms with Crippen LogP contribution in [0.15, 0.2) is 33.0 Å². The van der Waals surface area contributed by atoms with Gasteiger partial charge in [0.25, 0.3) is 10.0 Å². The Kier molecular flexibility index (Phi) is 4.44. The highest BCUT2D eigenvalue weighted by molar-refractivity contribution is 7.91. The van der Waals surface area contributed by atoms with E-state index in [1.54, 1.807) is 10.4 Å². The van der Waals surface area contributed by atoms with E-state index < -0.39 is 10.0 Å². The predicted octanol–water partition coefficient (Wildman–Crippen LogP) is 3.75. The molecule has 0 fully saturated rings. The van der Waals surface area contributed by atoms with Gasteiger partial charge in [0.2, 0.25) is 0 Å². The van der Waals surface area contributed by atoms with Crippen molar-refractivity contribution in [3.63, 3.8) is 0 Å². The Bertz CT molecular complexity index is 814. The third-order valence-corrected chi connectivity index (χ3v) is 7.48. The number of thiophene rings is 1. The summed E-state index contributed by atoms with van der Waals surface area (Å²) in [5.41, 5.74) is 1.67. The molecule has 5 nitrogen and oxygen atoms in total. The molecule has 0 amide bonds. The first kappa shape index (κ1) is 16.4. The molecule has 0 N–H and O–H groups in total. The highest BCUT2D eigenvalue weighted by Crippen LogP contribution is 2.36. The van der Waals surface area contributed by atoms with Crippen LogP contribution in [0.2, 0.25) is 0 Å². The number of aryl methyl sites for hydroxylation is 2. The summed E-state index contributed by atoms with van der Waals surface area (Å²) in [5.74, 6) is 0.708. The van der Waals surface area contributed by atoms with E-state index in [9.17, 15) is 8.42 Å². The van der Waals surface area contributed by atoms with Gasteiger partial charge in [0.05, 0.1) is 11.3 Å². The van der Waals surface area contributed by atoms with Gasteiger partial charge in [-0.2, -0.15) is 4.31 Å². The third-order valence-electron chi connectivity index (χ3n) is 4.02. The first-order chi connectivity index (χ1) is 10.9. The molecule has 3 heterocycles. The molecule has 0 radical (unpaired) electrons. The Labute approximate surface area is 140 Å². The summed E-state index contributed by atoms with van der Waals surface area (Å²) in [6.45, 7) is 6.22. The molecule has 1 atom stereocenters. The van der Waals surface area contributed by atoms with E-state index >= 15 is 0 Å². The van der Waals surface area contributed by atoms with E-state index in [1.807, 2.05) is 32.1 Å². The first-order valence-corrected chi connectivity index (χ1v) is 9.92. The molecule has 0 aromatic carbocycles. The molecular weight excluding hydrogens is 332 g/mol. The van der Waals surface area contributed by atoms with Crippen molar-refractivity contribution in [3.8, 4) is 10.4 Å². The quantitative estimate of drug-likeness (QED) is 0.769. The third kappa shape index (κ3) is 2.88. The lowest BCUT2D eigenvalue weighted by atomic mass is 10.2. The fourth-order valence-electron chi connectivity index (χ4n) is 2.91. The maximum absolute atomic E-state index is 12.9. The number of sulfonamides is 1. The van der Waals surface area contributed by atoms with Gasteiger partial charge in [0.15, 0.2) is 0 Å². The second-order valence-corrected chi connectivity index (χ2v) is 8.88. The summed E-state index contributed by atoms with van der Waals surface area (Å²) in [7, 11) is -3.47. The second kappa shape index (κ2) is 6.22. The van der Waals surface area contributed by atoms with Crippen molar-refractivity contribution in [1.29, 1.82) is 0 Å². The topological polar surface area (TPSA) is 63.4 Å². The van der Waals surface area contributed by atoms with E-state index in [2.05, 4.69) is 12.1 Å². The summed E-state index contributed by atoms with van der Waals surface area (Å²) in [5, 5.41) is 3.94. The van der Waals surface area contributed by atoms with Crippen LogP contribution in [0, 0.1) is 13.8 Å². The summed E-state index contributed by atoms with van der Waals surface area (Å²) in [4.78, 5) is 0.874. The smallest absolute Gasteiger partial charge is 0.253 e. The number of nitrogens with zero attached hydrogens (tertiary/aromatic N) is 2. The Morgan fingerprint density at radius 1 is 1.39 bits per heavy atom. The van der Waals surface area contributed by atoms with E-state index in [0.717, 1.165) is 29.0 Å². The zero-order chi connectivity index (χ0) is 16.6. The van der Waals surface area contributed by atoms with Crippen molar-refractivity contribution < 1.29 is 12.9 Å². The first-order valence-electron chi connectivity index (χ1n) is 7.66. The van der Waals surface area contributed by atoms with Gasteiger partial charge in [-0.25, -0.2) is 8.42 Å². The van der Waals surface area contributed by atoms with Gasteiger partial charge in [0.1, 0.15) is 9.97 Å². The van der Waals surface area contributed by atoms with Crippen LogP contribution >= 0.6 is 11.3 Å². The van der Waals surface area contributed by atoms with Crippen LogP contribution in [0.5, 0.6) is 0 Å². The minimum absolute atomic E-state index is 0.0328. The van der Waals surface area contributed by atoms with E-state index in [-0.39, 0.29) is 6.04 Å². The SMILES string of the molecule is CCCC1C=CCN1S(=O)(=O)c1ccc(-c2c(C)noc2C)s1. The zero-order valence-corrected chi connectivity index (χ0v) is 15.1. The van der Waals surface area contributed by atoms with Gasteiger partial charge in [0, 0.05) is 17.5 Å². The van der Waals surface area contributed by atoms with Crippen LogP contribution in [-0.2, 0) is 10.0 Å². The van der Waals surface area contributed by atoms with E-state index in [4.69, 9.17) is 4.52 Å². The lowest BCUT2D eigenvalue weighted by molar-refractivity contribution is 0.393. The number of hydrogen-bond acceptors (Lipinski definition) is 5. The molecule has 0 bridgehead atoms. The molecular formula is C16H20N2O3S2. The molecule has 23 heavy (non-hydrogen) atoms. The van der Waals surface area contributed by atoms with Crippen LogP contribution < -0.4 is 0 Å². The lowest BCUT2D eigenvalue weighted by Crippen LogP contribution is -2.35. The van der Waals surface area contributed by atoms with Gasteiger partial charge in [-0.1, -0.05) is 30.7 Å². The number of rotatable bonds is 5. The van der Waals surface area contributed by atoms with Gasteiger partial charge < -0.3 is 4.52 Å². The van der Waals surface area contributed by atoms with Gasteiger partial charge >= 0.3 is 0 Å². The van der Waals surface area contributed by atoms with Crippen molar-refractivity contribution in [2.24, 2.45) is 0 Å². The molecule has 0 spiro atoms. The molecule has 124 valence electrons. The van der Waals surface area contributed by atoms with Gasteiger partial charge in [-0.15, -0.1) is 11.3 Å². The van der Waals surface area contributed by atoms with Crippen molar-refractivity contribution in [2.75, 3.05) is 6.54 Å². The molecule has 0 saturated carbocycles. The van der Waals surface area contributed by atoms with Gasteiger partial charge in [-0.05, 0) is 32.4 Å². The van der Waals surface area contributed by atoms with E-state index in [0.29, 0.717) is 16.5 Å². The van der Waals surface area contributed by atoms with Crippen LogP contribution in [0.25, 0.3) is 10.4 Å². The summed E-state index contributed by atoms with van der Waals surface area (Å²) < 4.78 is 33.0. The monoisotopic (exact) mass is 352 g/mol. The molecule has 0 saturated heterocycles. The Morgan fingerprint density at radius 2 is 2.17 bits per heavy atom. The summed E-state index contributed by atoms with van der Waals surface area (Å²) >= 11 is 1.28. The highest BCUT2D eigenvalue weighted by Gasteiger charge is 2.33. The minimum atomic E-state index is -3.47. The maximum Gasteiger partial charge on any atom is 0.253 e. The van der Waals surface area contributed by atoms with Crippen molar-refractivity contribution in [2.45, 2.75) is 43.9 Å². The van der Waals surface area contributed by atoms with Crippen LogP contribution in [0.1, 0.15) is 31.2 Å². The summed E-state index contributed by atoms with van der Waals surface area (Å²) in [6, 6.07) is 3.49. The average molecular weight is 352 g/mol. The molecule has 1 unspecified atom stereocenters. The molecule has 2 aromatic heterocycles. The Balaban J connectivity index is 1.93. The maximum atomic E-state index is 12.9. The predicted molar refractivity (Wildman–Crippen MR) is 91.0 cm³/mol. The Morgan fingerprint density at radius 3 is 2.83 bits per heavy atom. The Hall–Kier alpha value is -1.44. The van der Waals surface area contributed by atoms with E-state index in [1.165, 1.54) is 11.3 Å². The average Bonchev–Trinajstić information content (AvgIpc) is 3.20. The molecule has 7 heteroatoms. The fourth-order valence-corrected chi connectivity index (χ4v) is 6.05. The second-order valence-electron chi connectivity index (χ2n) is 5.68. The highest BCUT2D eigenvalue weighted by atomic mass is 32.2. The molecule has 1 aliphatic heterocycles. The standard InChI is InChI=1S/C16H20N2O3S2/c1-4-6-13-7-5-10-18(13)23(19,20)15-9-8-14(22-15)16-11(2)17-21-12(16)3/h5,7-9,13H,4,6,10H2,1-3H3. The minimum Gasteiger partial charge on any atom is -0.361 e. The number of aromatic nitrogens is 1. The van der Waals surface area contributed by atoms with Crippen molar-refractivity contribution in [1.82, 2.24) is 9.46 Å². The van der Waals surface area contributed by atoms with Crippen LogP contribution in [0.4, 0.5) is 0 Å². The normalized spacial score (nSPS) is 18.8. The largest absolute Gasteiger partial charge is 0.361 e. The van der Waals surface area contributed by atoms with Gasteiger partial charge in [-0.3, -0.25) is 0 Å². The van der Waals surface area contributed by atoms with Crippen LogP contribution in [0.3, 0.4) is 0 Å². The molecule has 0 aliphatic carbocycles.